The Morgan fingerprint density at radius 1 is 0.941 bits per heavy atom. The Morgan fingerprint density at radius 2 is 1.59 bits per heavy atom. The molecule has 1 atom stereocenters. The van der Waals surface area contributed by atoms with Gasteiger partial charge in [-0.05, 0) is 60.5 Å². The van der Waals surface area contributed by atoms with Gasteiger partial charge in [-0.3, -0.25) is 9.59 Å². The molecule has 2 amide bonds. The van der Waals surface area contributed by atoms with E-state index in [1.807, 2.05) is 6.92 Å². The van der Waals surface area contributed by atoms with Crippen LogP contribution in [0.15, 0.2) is 77.7 Å². The summed E-state index contributed by atoms with van der Waals surface area (Å²) in [5, 5.41) is 5.46. The number of carbonyl (C=O) groups is 2. The van der Waals surface area contributed by atoms with E-state index in [0.717, 1.165) is 22.6 Å². The van der Waals surface area contributed by atoms with Crippen LogP contribution in [0.3, 0.4) is 0 Å². The number of rotatable bonds is 8. The maximum absolute atomic E-state index is 12.9. The Bertz CT molecular complexity index is 1150. The average Bonchev–Trinajstić information content (AvgIpc) is 2.79. The van der Waals surface area contributed by atoms with Gasteiger partial charge in [0.2, 0.25) is 11.8 Å². The molecule has 0 aromatic heterocycles. The van der Waals surface area contributed by atoms with Crippen molar-refractivity contribution in [2.75, 3.05) is 10.6 Å². The summed E-state index contributed by atoms with van der Waals surface area (Å²) in [5.74, 6) is -0.595. The number of benzene rings is 3. The van der Waals surface area contributed by atoms with Crippen LogP contribution in [0.1, 0.15) is 24.5 Å². The number of thioether (sulfide) groups is 1. The summed E-state index contributed by atoms with van der Waals surface area (Å²) in [6, 6.07) is 18.6. The first kappa shape index (κ1) is 25.6. The summed E-state index contributed by atoms with van der Waals surface area (Å²) in [5.41, 5.74) is 0.664. The minimum Gasteiger partial charge on any atom is -0.326 e. The first-order valence-corrected chi connectivity index (χ1v) is 11.7. The Balaban J connectivity index is 1.62. The molecule has 2 N–H and O–H groups in total. The van der Waals surface area contributed by atoms with Crippen LogP contribution in [-0.2, 0) is 22.2 Å². The van der Waals surface area contributed by atoms with Gasteiger partial charge in [0, 0.05) is 21.3 Å². The number of nitrogens with one attached hydrogen (secondary N) is 2. The predicted molar refractivity (Wildman–Crippen MR) is 130 cm³/mol. The number of carbonyl (C=O) groups excluding carboxylic acids is 2. The van der Waals surface area contributed by atoms with Crippen molar-refractivity contribution in [3.8, 4) is 0 Å². The van der Waals surface area contributed by atoms with Crippen molar-refractivity contribution in [2.24, 2.45) is 0 Å². The zero-order valence-electron chi connectivity index (χ0n) is 18.2. The van der Waals surface area contributed by atoms with E-state index in [1.54, 1.807) is 48.5 Å². The molecular weight excluding hydrogens is 485 g/mol. The van der Waals surface area contributed by atoms with E-state index in [1.165, 1.54) is 23.9 Å². The monoisotopic (exact) mass is 506 g/mol. The molecule has 0 aliphatic carbocycles. The van der Waals surface area contributed by atoms with Crippen molar-refractivity contribution in [2.45, 2.75) is 36.1 Å². The van der Waals surface area contributed by atoms with Gasteiger partial charge in [0.1, 0.15) is 0 Å². The summed E-state index contributed by atoms with van der Waals surface area (Å²) in [7, 11) is 0. The van der Waals surface area contributed by atoms with Crippen LogP contribution in [0.25, 0.3) is 0 Å². The summed E-state index contributed by atoms with van der Waals surface area (Å²) < 4.78 is 38.8. The lowest BCUT2D eigenvalue weighted by molar-refractivity contribution is -0.137. The van der Waals surface area contributed by atoms with E-state index in [-0.39, 0.29) is 18.0 Å². The maximum Gasteiger partial charge on any atom is 0.416 e. The molecule has 3 aromatic carbocycles. The Kier molecular flexibility index (Phi) is 8.63. The fourth-order valence-electron chi connectivity index (χ4n) is 3.12. The average molecular weight is 507 g/mol. The van der Waals surface area contributed by atoms with Gasteiger partial charge in [0.15, 0.2) is 0 Å². The molecule has 0 saturated carbocycles. The molecule has 1 unspecified atom stereocenters. The van der Waals surface area contributed by atoms with Crippen molar-refractivity contribution in [1.29, 1.82) is 0 Å². The fraction of sp³-hybridized carbons (Fsp3) is 0.200. The van der Waals surface area contributed by atoms with Crippen LogP contribution >= 0.6 is 23.4 Å². The minimum atomic E-state index is -4.49. The molecule has 4 nitrogen and oxygen atoms in total. The molecule has 3 rings (SSSR count). The SMILES string of the molecule is CCC(Sc1cccc(NC(=O)Cc2ccc(Cl)cc2)c1)C(=O)Nc1cccc(C(F)(F)F)c1. The number of halogens is 4. The van der Waals surface area contributed by atoms with Gasteiger partial charge in [0.05, 0.1) is 17.2 Å². The third kappa shape index (κ3) is 7.53. The highest BCUT2D eigenvalue weighted by molar-refractivity contribution is 8.00. The van der Waals surface area contributed by atoms with Gasteiger partial charge in [-0.15, -0.1) is 11.8 Å². The van der Waals surface area contributed by atoms with Crippen molar-refractivity contribution in [3.63, 3.8) is 0 Å². The molecule has 0 bridgehead atoms. The van der Waals surface area contributed by atoms with Crippen LogP contribution in [-0.4, -0.2) is 17.1 Å². The maximum atomic E-state index is 12.9. The molecule has 0 spiro atoms. The van der Waals surface area contributed by atoms with Gasteiger partial charge < -0.3 is 10.6 Å². The van der Waals surface area contributed by atoms with E-state index in [0.29, 0.717) is 17.1 Å². The van der Waals surface area contributed by atoms with Gasteiger partial charge in [0.25, 0.3) is 0 Å². The molecule has 9 heteroatoms. The van der Waals surface area contributed by atoms with E-state index in [2.05, 4.69) is 10.6 Å². The van der Waals surface area contributed by atoms with Gasteiger partial charge >= 0.3 is 6.18 Å². The molecule has 0 aliphatic heterocycles. The smallest absolute Gasteiger partial charge is 0.326 e. The van der Waals surface area contributed by atoms with Crippen LogP contribution in [0.5, 0.6) is 0 Å². The first-order chi connectivity index (χ1) is 16.1. The van der Waals surface area contributed by atoms with Crippen LogP contribution in [0, 0.1) is 0 Å². The summed E-state index contributed by atoms with van der Waals surface area (Å²) >= 11 is 7.14. The standard InChI is InChI=1S/C25H22ClF3N2O2S/c1-2-22(24(33)31-19-6-3-5-17(14-19)25(27,28)29)34-21-8-4-7-20(15-21)30-23(32)13-16-9-11-18(26)12-10-16/h3-12,14-15,22H,2,13H2,1H3,(H,30,32)(H,31,33). The molecule has 0 radical (unpaired) electrons. The molecule has 0 saturated heterocycles. The van der Waals surface area contributed by atoms with E-state index in [9.17, 15) is 22.8 Å². The van der Waals surface area contributed by atoms with Crippen molar-refractivity contribution in [1.82, 2.24) is 0 Å². The summed E-state index contributed by atoms with van der Waals surface area (Å²) in [6.45, 7) is 1.82. The second kappa shape index (κ2) is 11.4. The summed E-state index contributed by atoms with van der Waals surface area (Å²) in [6.07, 6.45) is -3.84. The van der Waals surface area contributed by atoms with E-state index >= 15 is 0 Å². The van der Waals surface area contributed by atoms with Crippen molar-refractivity contribution >= 4 is 46.6 Å². The Labute approximate surface area is 204 Å². The highest BCUT2D eigenvalue weighted by Crippen LogP contribution is 2.32. The fourth-order valence-corrected chi connectivity index (χ4v) is 4.26. The highest BCUT2D eigenvalue weighted by atomic mass is 35.5. The molecule has 0 fully saturated rings. The van der Waals surface area contributed by atoms with E-state index in [4.69, 9.17) is 11.6 Å². The Morgan fingerprint density at radius 3 is 2.24 bits per heavy atom. The number of amides is 2. The topological polar surface area (TPSA) is 58.2 Å². The Hall–Kier alpha value is -2.97. The van der Waals surface area contributed by atoms with Crippen LogP contribution in [0.4, 0.5) is 24.5 Å². The van der Waals surface area contributed by atoms with Gasteiger partial charge in [-0.1, -0.05) is 42.8 Å². The quantitative estimate of drug-likeness (QED) is 0.322. The van der Waals surface area contributed by atoms with E-state index < -0.39 is 22.9 Å². The lowest BCUT2D eigenvalue weighted by Gasteiger charge is -2.16. The molecule has 178 valence electrons. The third-order valence-corrected chi connectivity index (χ3v) is 6.40. The van der Waals surface area contributed by atoms with Gasteiger partial charge in [-0.2, -0.15) is 13.2 Å². The largest absolute Gasteiger partial charge is 0.416 e. The normalized spacial score (nSPS) is 12.1. The number of hydrogen-bond acceptors (Lipinski definition) is 3. The zero-order valence-corrected chi connectivity index (χ0v) is 19.7. The van der Waals surface area contributed by atoms with Crippen LogP contribution < -0.4 is 10.6 Å². The number of hydrogen-bond donors (Lipinski definition) is 2. The van der Waals surface area contributed by atoms with Crippen molar-refractivity contribution in [3.05, 3.63) is 88.9 Å². The second-order valence-electron chi connectivity index (χ2n) is 7.46. The highest BCUT2D eigenvalue weighted by Gasteiger charge is 2.30. The second-order valence-corrected chi connectivity index (χ2v) is 9.17. The molecular formula is C25H22ClF3N2O2S. The van der Waals surface area contributed by atoms with Crippen molar-refractivity contribution < 1.29 is 22.8 Å². The first-order valence-electron chi connectivity index (χ1n) is 10.4. The number of anilines is 2. The lowest BCUT2D eigenvalue weighted by atomic mass is 10.1. The molecule has 3 aromatic rings. The predicted octanol–water partition coefficient (Wildman–Crippen LogP) is 7.05. The molecule has 0 heterocycles. The molecule has 0 aliphatic rings. The lowest BCUT2D eigenvalue weighted by Crippen LogP contribution is -2.24. The summed E-state index contributed by atoms with van der Waals surface area (Å²) in [4.78, 5) is 25.8. The van der Waals surface area contributed by atoms with Gasteiger partial charge in [-0.25, -0.2) is 0 Å². The minimum absolute atomic E-state index is 0.0853. The number of alkyl halides is 3. The molecule has 34 heavy (non-hydrogen) atoms. The zero-order chi connectivity index (χ0) is 24.7. The third-order valence-electron chi connectivity index (χ3n) is 4.79. The van der Waals surface area contributed by atoms with Crippen LogP contribution in [0.2, 0.25) is 5.02 Å².